The van der Waals surface area contributed by atoms with Gasteiger partial charge >= 0.3 is 0 Å². The van der Waals surface area contributed by atoms with Crippen LogP contribution in [0.5, 0.6) is 0 Å². The second-order valence-electron chi connectivity index (χ2n) is 9.90. The topological polar surface area (TPSA) is 76.6 Å². The molecule has 5 rings (SSSR count). The summed E-state index contributed by atoms with van der Waals surface area (Å²) in [5, 5.41) is 19.1. The fourth-order valence-corrected chi connectivity index (χ4v) is 9.69. The van der Waals surface area contributed by atoms with Crippen LogP contribution in [-0.4, -0.2) is 32.5 Å². The van der Waals surface area contributed by atoms with Gasteiger partial charge in [-0.25, -0.2) is 9.43 Å². The first-order valence-electron chi connectivity index (χ1n) is 13.2. The largest absolute Gasteiger partial charge is 0.271 e. The number of aromatic nitrogens is 2. The number of nitro groups is 1. The average molecular weight is 564 g/mol. The van der Waals surface area contributed by atoms with Gasteiger partial charge in [0, 0.05) is 30.5 Å². The molecule has 204 valence electrons. The lowest BCUT2D eigenvalue weighted by atomic mass is 10.2. The highest BCUT2D eigenvalue weighted by Crippen LogP contribution is 2.56. The van der Waals surface area contributed by atoms with Crippen molar-refractivity contribution in [3.63, 3.8) is 0 Å². The molecule has 0 N–H and O–H groups in total. The molecule has 0 aliphatic carbocycles. The minimum Gasteiger partial charge on any atom is -0.262 e. The molecular formula is C30H35ClN5O2P. The number of benzene rings is 3. The summed E-state index contributed by atoms with van der Waals surface area (Å²) in [7, 11) is -2.63. The lowest BCUT2D eigenvalue weighted by Gasteiger charge is -2.37. The molecule has 1 fully saturated rings. The first-order chi connectivity index (χ1) is 18.4. The molecule has 0 amide bonds. The molecule has 3 aromatic carbocycles. The lowest BCUT2D eigenvalue weighted by Crippen LogP contribution is -2.35. The zero-order valence-corrected chi connectivity index (χ0v) is 24.4. The maximum absolute atomic E-state index is 11.7. The maximum Gasteiger partial charge on any atom is 0.271 e. The van der Waals surface area contributed by atoms with Crippen molar-refractivity contribution in [2.75, 3.05) is 13.1 Å². The average Bonchev–Trinajstić information content (AvgIpc) is 3.09. The van der Waals surface area contributed by atoms with Gasteiger partial charge in [-0.05, 0) is 51.3 Å². The maximum atomic E-state index is 11.7. The number of halogens is 1. The zero-order chi connectivity index (χ0) is 26.7. The van der Waals surface area contributed by atoms with E-state index in [1.54, 1.807) is 12.1 Å². The fourth-order valence-electron chi connectivity index (χ4n) is 5.47. The minimum atomic E-state index is -2.63. The Morgan fingerprint density at radius 1 is 0.872 bits per heavy atom. The number of hydrogen-bond acceptors (Lipinski definition) is 4. The normalized spacial score (nSPS) is 15.6. The van der Waals surface area contributed by atoms with Gasteiger partial charge in [-0.2, -0.15) is 5.10 Å². The van der Waals surface area contributed by atoms with Gasteiger partial charge in [0.2, 0.25) is 0 Å². The summed E-state index contributed by atoms with van der Waals surface area (Å²) < 4.78 is 10.3. The van der Waals surface area contributed by atoms with E-state index < -0.39 is 7.21 Å². The molecule has 0 bridgehead atoms. The molecule has 0 radical (unpaired) electrons. The summed E-state index contributed by atoms with van der Waals surface area (Å²) in [6.45, 7) is 8.05. The predicted octanol–water partition coefficient (Wildman–Crippen LogP) is 7.40. The van der Waals surface area contributed by atoms with Crippen LogP contribution in [0.4, 0.5) is 11.4 Å². The van der Waals surface area contributed by atoms with E-state index in [4.69, 9.17) is 9.84 Å². The summed E-state index contributed by atoms with van der Waals surface area (Å²) in [5.41, 5.74) is 4.67. The second kappa shape index (κ2) is 12.3. The Morgan fingerprint density at radius 3 is 2.10 bits per heavy atom. The van der Waals surface area contributed by atoms with Crippen molar-refractivity contribution >= 4 is 41.6 Å². The van der Waals surface area contributed by atoms with Gasteiger partial charge in [0.25, 0.3) is 5.69 Å². The van der Waals surface area contributed by atoms with E-state index in [1.807, 2.05) is 41.9 Å². The van der Waals surface area contributed by atoms with Gasteiger partial charge in [-0.3, -0.25) is 14.8 Å². The SMILES string of the molecule is Cc1ccc([N+](=O)[O-])cc1N=P(c1ccccc1)(c1c(C)nn(-c2ccccc2)c1C)N1CCCCCC1.Cl. The van der Waals surface area contributed by atoms with Crippen LogP contribution in [-0.2, 0) is 0 Å². The first kappa shape index (κ1) is 28.8. The summed E-state index contributed by atoms with van der Waals surface area (Å²) in [6.07, 6.45) is 4.59. The number of rotatable bonds is 6. The molecule has 0 saturated carbocycles. The molecule has 9 heteroatoms. The molecule has 39 heavy (non-hydrogen) atoms. The fraction of sp³-hybridized carbons (Fsp3) is 0.300. The van der Waals surface area contributed by atoms with E-state index in [0.717, 1.165) is 59.2 Å². The Balaban J connectivity index is 0.00000353. The van der Waals surface area contributed by atoms with E-state index in [2.05, 4.69) is 54.9 Å². The van der Waals surface area contributed by atoms with Crippen LogP contribution in [0.15, 0.2) is 83.6 Å². The number of nitrogens with zero attached hydrogens (tertiary/aromatic N) is 5. The summed E-state index contributed by atoms with van der Waals surface area (Å²) in [5.74, 6) is 0. The predicted molar refractivity (Wildman–Crippen MR) is 163 cm³/mol. The molecule has 1 atom stereocenters. The highest BCUT2D eigenvalue weighted by molar-refractivity contribution is 7.79. The van der Waals surface area contributed by atoms with E-state index in [-0.39, 0.29) is 23.0 Å². The van der Waals surface area contributed by atoms with Gasteiger partial charge in [0.1, 0.15) is 0 Å². The highest BCUT2D eigenvalue weighted by Gasteiger charge is 2.38. The van der Waals surface area contributed by atoms with Crippen LogP contribution in [0.25, 0.3) is 5.69 Å². The van der Waals surface area contributed by atoms with Gasteiger partial charge in [0.15, 0.2) is 0 Å². The van der Waals surface area contributed by atoms with Gasteiger partial charge in [-0.15, -0.1) is 12.4 Å². The van der Waals surface area contributed by atoms with Gasteiger partial charge in [0.05, 0.1) is 40.2 Å². The number of nitro benzene ring substituents is 1. The summed E-state index contributed by atoms with van der Waals surface area (Å²) >= 11 is 0. The molecule has 1 aliphatic heterocycles. The third-order valence-corrected chi connectivity index (χ3v) is 11.3. The van der Waals surface area contributed by atoms with Crippen LogP contribution in [0.1, 0.15) is 42.6 Å². The number of hydrogen-bond donors (Lipinski definition) is 0. The molecule has 1 aliphatic rings. The highest BCUT2D eigenvalue weighted by atomic mass is 35.5. The van der Waals surface area contributed by atoms with Crippen LogP contribution in [0, 0.1) is 30.9 Å². The van der Waals surface area contributed by atoms with Gasteiger partial charge in [-0.1, -0.05) is 67.4 Å². The molecule has 7 nitrogen and oxygen atoms in total. The van der Waals surface area contributed by atoms with E-state index >= 15 is 0 Å². The van der Waals surface area contributed by atoms with Crippen LogP contribution in [0.2, 0.25) is 0 Å². The van der Waals surface area contributed by atoms with Crippen molar-refractivity contribution in [2.24, 2.45) is 4.74 Å². The molecule has 1 saturated heterocycles. The second-order valence-corrected chi connectivity index (χ2v) is 12.8. The molecule has 1 aromatic heterocycles. The van der Waals surface area contributed by atoms with Gasteiger partial charge < -0.3 is 0 Å². The van der Waals surface area contributed by atoms with Crippen LogP contribution in [0.3, 0.4) is 0 Å². The van der Waals surface area contributed by atoms with Crippen molar-refractivity contribution in [2.45, 2.75) is 46.5 Å². The molecule has 2 heterocycles. The van der Waals surface area contributed by atoms with Crippen molar-refractivity contribution in [1.29, 1.82) is 0 Å². The first-order valence-corrected chi connectivity index (χ1v) is 14.9. The van der Waals surface area contributed by atoms with Crippen molar-refractivity contribution < 1.29 is 4.92 Å². The van der Waals surface area contributed by atoms with Crippen molar-refractivity contribution in [3.8, 4) is 5.69 Å². The quantitative estimate of drug-likeness (QED) is 0.139. The summed E-state index contributed by atoms with van der Waals surface area (Å²) in [4.78, 5) is 11.4. The third kappa shape index (κ3) is 5.58. The van der Waals surface area contributed by atoms with Crippen molar-refractivity contribution in [3.05, 3.63) is 106 Å². The minimum absolute atomic E-state index is 0. The molecule has 1 unspecified atom stereocenters. The van der Waals surface area contributed by atoms with E-state index in [0.29, 0.717) is 5.69 Å². The van der Waals surface area contributed by atoms with Crippen LogP contribution < -0.4 is 10.6 Å². The molecule has 0 spiro atoms. The van der Waals surface area contributed by atoms with Crippen molar-refractivity contribution in [1.82, 2.24) is 14.5 Å². The standard InChI is InChI=1S/C30H34N5O2P.ClH/c1-23-18-19-27(35(36)37)22-29(23)32-38(28-16-10-7-11-17-28,33-20-12-4-5-13-21-33)30-24(2)31-34(25(30)3)26-14-8-6-9-15-26;/h6-11,14-19,22H,4-5,12-13,20-21H2,1-3H3;1H. The van der Waals surface area contributed by atoms with Crippen LogP contribution >= 0.6 is 19.6 Å². The molecular weight excluding hydrogens is 529 g/mol. The Bertz CT molecular complexity index is 1500. The smallest absolute Gasteiger partial charge is 0.262 e. The Labute approximate surface area is 236 Å². The number of non-ortho nitro benzene ring substituents is 1. The Kier molecular flexibility index (Phi) is 9.06. The van der Waals surface area contributed by atoms with E-state index in [9.17, 15) is 10.1 Å². The lowest BCUT2D eigenvalue weighted by molar-refractivity contribution is -0.384. The van der Waals surface area contributed by atoms with E-state index in [1.165, 1.54) is 12.8 Å². The monoisotopic (exact) mass is 563 g/mol. The Hall–Kier alpha value is -3.25. The molecule has 4 aromatic rings. The summed E-state index contributed by atoms with van der Waals surface area (Å²) in [6, 6.07) is 25.7. The zero-order valence-electron chi connectivity index (χ0n) is 22.7. The third-order valence-electron chi connectivity index (χ3n) is 7.33. The Morgan fingerprint density at radius 2 is 1.49 bits per heavy atom. The number of para-hydroxylation sites is 1. The number of aryl methyl sites for hydroxylation is 2.